The minimum atomic E-state index is -3.30. The number of nitrogens with one attached hydrogen (secondary N) is 1. The molecule has 8 heteroatoms. The molecule has 1 rings (SSSR count). The third kappa shape index (κ3) is 3.48. The van der Waals surface area contributed by atoms with Crippen molar-refractivity contribution < 1.29 is 13.3 Å². The molecule has 0 aliphatic carbocycles. The van der Waals surface area contributed by atoms with E-state index < -0.39 is 14.9 Å². The third-order valence-corrected chi connectivity index (χ3v) is 5.21. The Morgan fingerprint density at radius 2 is 2.18 bits per heavy atom. The molecule has 0 spiro atoms. The van der Waals surface area contributed by atoms with Crippen LogP contribution in [0.4, 0.5) is 5.69 Å². The minimum Gasteiger partial charge on any atom is -0.258 e. The van der Waals surface area contributed by atoms with E-state index in [2.05, 4.69) is 4.72 Å². The van der Waals surface area contributed by atoms with Gasteiger partial charge in [-0.05, 0) is 14.0 Å². The number of rotatable bonds is 5. The second kappa shape index (κ2) is 5.11. The lowest BCUT2D eigenvalue weighted by Gasteiger charge is -2.08. The van der Waals surface area contributed by atoms with Crippen molar-refractivity contribution in [3.63, 3.8) is 0 Å². The quantitative estimate of drug-likeness (QED) is 0.654. The van der Waals surface area contributed by atoms with E-state index in [1.54, 1.807) is 13.8 Å². The highest BCUT2D eigenvalue weighted by Gasteiger charge is 2.22. The van der Waals surface area contributed by atoms with Gasteiger partial charge in [0.25, 0.3) is 5.69 Å². The Balaban J connectivity index is 2.94. The van der Waals surface area contributed by atoms with Crippen LogP contribution in [-0.2, 0) is 10.0 Å². The summed E-state index contributed by atoms with van der Waals surface area (Å²) in [6, 6.07) is 1.45. The molecular formula is C9H14N2O4S2. The first kappa shape index (κ1) is 14.1. The molecule has 17 heavy (non-hydrogen) atoms. The number of hydrogen-bond donors (Lipinski definition) is 1. The van der Waals surface area contributed by atoms with Gasteiger partial charge in [0.1, 0.15) is 0 Å². The van der Waals surface area contributed by atoms with E-state index in [-0.39, 0.29) is 17.4 Å². The second-order valence-corrected chi connectivity index (χ2v) is 6.99. The molecular weight excluding hydrogens is 264 g/mol. The molecule has 0 saturated carbocycles. The van der Waals surface area contributed by atoms with Gasteiger partial charge in [0, 0.05) is 16.9 Å². The Morgan fingerprint density at radius 3 is 2.59 bits per heavy atom. The van der Waals surface area contributed by atoms with E-state index in [0.717, 1.165) is 0 Å². The minimum absolute atomic E-state index is 0.0544. The summed E-state index contributed by atoms with van der Waals surface area (Å²) < 4.78 is 25.0. The van der Waals surface area contributed by atoms with Gasteiger partial charge in [0.05, 0.1) is 15.6 Å². The normalized spacial score (nSPS) is 13.6. The fourth-order valence-corrected chi connectivity index (χ4v) is 3.57. The Hall–Kier alpha value is -0.990. The number of nitro groups is 1. The molecule has 6 nitrogen and oxygen atoms in total. The Bertz CT molecular complexity index is 521. The van der Waals surface area contributed by atoms with Gasteiger partial charge in [-0.1, -0.05) is 6.92 Å². The van der Waals surface area contributed by atoms with Crippen molar-refractivity contribution in [2.45, 2.75) is 19.8 Å². The van der Waals surface area contributed by atoms with Crippen LogP contribution in [-0.4, -0.2) is 26.1 Å². The largest absolute Gasteiger partial charge is 0.283 e. The molecule has 1 unspecified atom stereocenters. The molecule has 0 fully saturated rings. The smallest absolute Gasteiger partial charge is 0.258 e. The van der Waals surface area contributed by atoms with Crippen LogP contribution in [0.25, 0.3) is 0 Å². The first-order chi connectivity index (χ1) is 7.76. The molecule has 0 amide bonds. The summed E-state index contributed by atoms with van der Waals surface area (Å²) in [5.74, 6) is -0.328. The highest BCUT2D eigenvalue weighted by molar-refractivity contribution is 7.89. The van der Waals surface area contributed by atoms with E-state index in [1.807, 2.05) is 0 Å². The summed E-state index contributed by atoms with van der Waals surface area (Å²) in [4.78, 5) is 11.5. The Morgan fingerprint density at radius 1 is 1.59 bits per heavy atom. The molecule has 1 aromatic rings. The topological polar surface area (TPSA) is 89.3 Å². The van der Waals surface area contributed by atoms with Crippen LogP contribution in [0.3, 0.4) is 0 Å². The summed E-state index contributed by atoms with van der Waals surface area (Å²) in [6.07, 6.45) is 0. The predicted molar refractivity (Wildman–Crippen MR) is 67.0 cm³/mol. The van der Waals surface area contributed by atoms with Gasteiger partial charge in [0.15, 0.2) is 0 Å². The lowest BCUT2D eigenvalue weighted by molar-refractivity contribution is -0.385. The zero-order chi connectivity index (χ0) is 13.2. The number of nitrogens with zero attached hydrogens (tertiary/aromatic N) is 1. The molecule has 1 heterocycles. The lowest BCUT2D eigenvalue weighted by atomic mass is 10.2. The van der Waals surface area contributed by atoms with Crippen molar-refractivity contribution in [3.8, 4) is 0 Å². The molecule has 1 aromatic heterocycles. The van der Waals surface area contributed by atoms with Gasteiger partial charge < -0.3 is 0 Å². The molecule has 1 atom stereocenters. The predicted octanol–water partition coefficient (Wildman–Crippen LogP) is 1.62. The van der Waals surface area contributed by atoms with Crippen LogP contribution in [0.1, 0.15) is 22.6 Å². The number of aryl methyl sites for hydroxylation is 1. The third-order valence-electron chi connectivity index (χ3n) is 2.37. The van der Waals surface area contributed by atoms with E-state index in [9.17, 15) is 18.5 Å². The SMILES string of the molecule is CNS(=O)(=O)CC(C)c1cc([N+](=O)[O-])c(C)s1. The fraction of sp³-hybridized carbons (Fsp3) is 0.556. The molecule has 0 aromatic carbocycles. The van der Waals surface area contributed by atoms with Crippen LogP contribution in [0.2, 0.25) is 0 Å². The van der Waals surface area contributed by atoms with Gasteiger partial charge in [-0.2, -0.15) is 0 Å². The van der Waals surface area contributed by atoms with Gasteiger partial charge in [0.2, 0.25) is 10.0 Å². The molecule has 96 valence electrons. The van der Waals surface area contributed by atoms with Gasteiger partial charge in [-0.15, -0.1) is 11.3 Å². The summed E-state index contributed by atoms with van der Waals surface area (Å²) in [5.41, 5.74) is 0.0544. The number of sulfonamides is 1. The zero-order valence-electron chi connectivity index (χ0n) is 9.76. The molecule has 0 aliphatic rings. The second-order valence-electron chi connectivity index (χ2n) is 3.73. The van der Waals surface area contributed by atoms with Crippen LogP contribution in [0, 0.1) is 17.0 Å². The van der Waals surface area contributed by atoms with Gasteiger partial charge in [-0.3, -0.25) is 10.1 Å². The van der Waals surface area contributed by atoms with E-state index in [4.69, 9.17) is 0 Å². The molecule has 0 aliphatic heterocycles. The Labute approximate surface area is 104 Å². The molecule has 0 saturated heterocycles. The zero-order valence-corrected chi connectivity index (χ0v) is 11.4. The summed E-state index contributed by atoms with van der Waals surface area (Å²) in [7, 11) is -1.95. The van der Waals surface area contributed by atoms with Gasteiger partial charge in [-0.25, -0.2) is 13.1 Å². The van der Waals surface area contributed by atoms with Gasteiger partial charge >= 0.3 is 0 Å². The van der Waals surface area contributed by atoms with Crippen LogP contribution >= 0.6 is 11.3 Å². The van der Waals surface area contributed by atoms with Crippen molar-refractivity contribution in [1.82, 2.24) is 4.72 Å². The first-order valence-corrected chi connectivity index (χ1v) is 7.39. The lowest BCUT2D eigenvalue weighted by Crippen LogP contribution is -2.24. The van der Waals surface area contributed by atoms with Crippen LogP contribution in [0.15, 0.2) is 6.07 Å². The maximum atomic E-state index is 11.4. The van der Waals surface area contributed by atoms with Crippen molar-refractivity contribution in [3.05, 3.63) is 25.9 Å². The monoisotopic (exact) mass is 278 g/mol. The standard InChI is InChI=1S/C9H14N2O4S2/c1-6(5-17(14,15)10-3)9-4-8(11(12)13)7(2)16-9/h4,6,10H,5H2,1-3H3. The van der Waals surface area contributed by atoms with E-state index >= 15 is 0 Å². The van der Waals surface area contributed by atoms with Crippen LogP contribution < -0.4 is 4.72 Å². The van der Waals surface area contributed by atoms with Crippen molar-refractivity contribution in [2.75, 3.05) is 12.8 Å². The Kier molecular flexibility index (Phi) is 4.23. The number of hydrogen-bond acceptors (Lipinski definition) is 5. The molecule has 0 radical (unpaired) electrons. The molecule has 0 bridgehead atoms. The fourth-order valence-electron chi connectivity index (χ4n) is 1.41. The average Bonchev–Trinajstić information content (AvgIpc) is 2.60. The summed E-state index contributed by atoms with van der Waals surface area (Å²) in [6.45, 7) is 3.40. The van der Waals surface area contributed by atoms with Crippen molar-refractivity contribution >= 4 is 27.0 Å². The van der Waals surface area contributed by atoms with Crippen LogP contribution in [0.5, 0.6) is 0 Å². The van der Waals surface area contributed by atoms with E-state index in [0.29, 0.717) is 9.75 Å². The molecule has 1 N–H and O–H groups in total. The van der Waals surface area contributed by atoms with Crippen molar-refractivity contribution in [2.24, 2.45) is 0 Å². The first-order valence-electron chi connectivity index (χ1n) is 4.92. The summed E-state index contributed by atoms with van der Waals surface area (Å²) in [5, 5.41) is 10.7. The number of thiophene rings is 1. The highest BCUT2D eigenvalue weighted by Crippen LogP contribution is 2.33. The van der Waals surface area contributed by atoms with E-state index in [1.165, 1.54) is 24.5 Å². The average molecular weight is 278 g/mol. The van der Waals surface area contributed by atoms with Crippen molar-refractivity contribution in [1.29, 1.82) is 0 Å². The maximum absolute atomic E-state index is 11.4. The summed E-state index contributed by atoms with van der Waals surface area (Å²) >= 11 is 1.27. The highest BCUT2D eigenvalue weighted by atomic mass is 32.2. The maximum Gasteiger partial charge on any atom is 0.283 e.